The van der Waals surface area contributed by atoms with Crippen LogP contribution >= 0.6 is 12.4 Å². The van der Waals surface area contributed by atoms with Crippen LogP contribution in [0, 0.1) is 6.92 Å². The Morgan fingerprint density at radius 1 is 1.31 bits per heavy atom. The molecule has 0 unspecified atom stereocenters. The first-order valence-electron chi connectivity index (χ1n) is 8.80. The van der Waals surface area contributed by atoms with E-state index in [4.69, 9.17) is 4.74 Å². The van der Waals surface area contributed by atoms with E-state index >= 15 is 0 Å². The Labute approximate surface area is 159 Å². The van der Waals surface area contributed by atoms with Crippen LogP contribution in [0.2, 0.25) is 0 Å². The molecule has 7 nitrogen and oxygen atoms in total. The molecule has 2 aliphatic rings. The predicted octanol–water partition coefficient (Wildman–Crippen LogP) is 2.14. The second kappa shape index (κ2) is 7.63. The van der Waals surface area contributed by atoms with Gasteiger partial charge in [0.25, 0.3) is 5.91 Å². The molecule has 3 heterocycles. The van der Waals surface area contributed by atoms with Crippen LogP contribution in [0.1, 0.15) is 40.6 Å². The molecule has 0 bridgehead atoms. The van der Waals surface area contributed by atoms with Crippen molar-refractivity contribution in [3.05, 3.63) is 35.2 Å². The van der Waals surface area contributed by atoms with E-state index in [2.05, 4.69) is 15.6 Å². The fourth-order valence-corrected chi connectivity index (χ4v) is 3.78. The molecule has 1 fully saturated rings. The van der Waals surface area contributed by atoms with Crippen molar-refractivity contribution in [1.82, 2.24) is 20.3 Å². The van der Waals surface area contributed by atoms with Gasteiger partial charge in [-0.2, -0.15) is 0 Å². The number of carbonyl (C=O) groups is 1. The summed E-state index contributed by atoms with van der Waals surface area (Å²) in [6.07, 6.45) is 2.87. The fraction of sp³-hybridized carbons (Fsp3) is 0.500. The van der Waals surface area contributed by atoms with E-state index in [1.807, 2.05) is 29.8 Å². The summed E-state index contributed by atoms with van der Waals surface area (Å²) in [4.78, 5) is 14.9. The van der Waals surface area contributed by atoms with Crippen LogP contribution in [0.3, 0.4) is 0 Å². The van der Waals surface area contributed by atoms with Crippen molar-refractivity contribution in [1.29, 1.82) is 0 Å². The number of carbonyl (C=O) groups excluding carboxylic acids is 1. The number of hydrogen-bond acceptors (Lipinski definition) is 5. The Balaban J connectivity index is 0.00000196. The van der Waals surface area contributed by atoms with Gasteiger partial charge in [0.15, 0.2) is 5.69 Å². The Morgan fingerprint density at radius 2 is 2.08 bits per heavy atom. The summed E-state index contributed by atoms with van der Waals surface area (Å²) in [5.74, 6) is 0.752. The molecule has 1 aromatic carbocycles. The highest BCUT2D eigenvalue weighted by molar-refractivity contribution is 6.06. The Morgan fingerprint density at radius 3 is 2.81 bits per heavy atom. The predicted molar refractivity (Wildman–Crippen MR) is 102 cm³/mol. The molecule has 0 aliphatic carbocycles. The number of piperidine rings is 1. The van der Waals surface area contributed by atoms with E-state index in [0.29, 0.717) is 18.3 Å². The number of benzene rings is 1. The van der Waals surface area contributed by atoms with Crippen LogP contribution in [0.25, 0.3) is 0 Å². The summed E-state index contributed by atoms with van der Waals surface area (Å²) >= 11 is 0. The highest BCUT2D eigenvalue weighted by Gasteiger charge is 2.30. The molecule has 1 saturated heterocycles. The summed E-state index contributed by atoms with van der Waals surface area (Å²) in [6, 6.07) is 6.17. The number of rotatable bonds is 3. The third-order valence-electron chi connectivity index (χ3n) is 5.21. The van der Waals surface area contributed by atoms with Crippen molar-refractivity contribution in [2.45, 2.75) is 32.2 Å². The normalized spacial score (nSPS) is 16.9. The smallest absolute Gasteiger partial charge is 0.280 e. The topological polar surface area (TPSA) is 72.3 Å². The summed E-state index contributed by atoms with van der Waals surface area (Å²) in [6.45, 7) is 4.57. The molecule has 1 amide bonds. The molecule has 0 radical (unpaired) electrons. The van der Waals surface area contributed by atoms with Gasteiger partial charge < -0.3 is 15.0 Å². The third kappa shape index (κ3) is 3.17. The maximum absolute atomic E-state index is 13.0. The minimum atomic E-state index is -0.0680. The molecular formula is C18H24ClN5O2. The molecule has 4 rings (SSSR count). The number of anilines is 1. The Hall–Kier alpha value is -2.12. The number of aromatic nitrogens is 3. The number of methoxy groups -OCH3 is 1. The van der Waals surface area contributed by atoms with Gasteiger partial charge in [-0.05, 0) is 63.0 Å². The van der Waals surface area contributed by atoms with E-state index in [9.17, 15) is 4.79 Å². The van der Waals surface area contributed by atoms with Crippen molar-refractivity contribution in [3.63, 3.8) is 0 Å². The van der Waals surface area contributed by atoms with Gasteiger partial charge in [-0.15, -0.1) is 17.5 Å². The summed E-state index contributed by atoms with van der Waals surface area (Å²) in [5.41, 5.74) is 3.40. The van der Waals surface area contributed by atoms with Crippen LogP contribution in [0.4, 0.5) is 5.69 Å². The maximum atomic E-state index is 13.0. The highest BCUT2D eigenvalue weighted by Crippen LogP contribution is 2.32. The van der Waals surface area contributed by atoms with E-state index in [1.165, 1.54) is 0 Å². The Kier molecular flexibility index (Phi) is 5.48. The zero-order valence-electron chi connectivity index (χ0n) is 15.1. The molecule has 26 heavy (non-hydrogen) atoms. The van der Waals surface area contributed by atoms with Crippen molar-refractivity contribution in [2.75, 3.05) is 31.6 Å². The molecule has 0 spiro atoms. The number of nitrogens with zero attached hydrogens (tertiary/aromatic N) is 4. The van der Waals surface area contributed by atoms with Gasteiger partial charge in [0, 0.05) is 12.2 Å². The first kappa shape index (κ1) is 18.7. The molecular weight excluding hydrogens is 354 g/mol. The third-order valence-corrected chi connectivity index (χ3v) is 5.21. The lowest BCUT2D eigenvalue weighted by atomic mass is 10.1. The maximum Gasteiger partial charge on any atom is 0.280 e. The zero-order valence-corrected chi connectivity index (χ0v) is 15.9. The highest BCUT2D eigenvalue weighted by atomic mass is 35.5. The van der Waals surface area contributed by atoms with Crippen LogP contribution < -0.4 is 15.0 Å². The molecule has 1 aromatic heterocycles. The average Bonchev–Trinajstić information content (AvgIpc) is 3.25. The first-order chi connectivity index (χ1) is 12.2. The van der Waals surface area contributed by atoms with Gasteiger partial charge in [0.2, 0.25) is 0 Å². The second-order valence-electron chi connectivity index (χ2n) is 6.65. The summed E-state index contributed by atoms with van der Waals surface area (Å²) in [5, 5.41) is 11.9. The van der Waals surface area contributed by atoms with Crippen molar-refractivity contribution < 1.29 is 9.53 Å². The molecule has 0 atom stereocenters. The SMILES string of the molecule is COc1ccc2c(c1)CCN2C(=O)c1nnn(C2CCNCC2)c1C.Cl. The van der Waals surface area contributed by atoms with Crippen molar-refractivity contribution >= 4 is 24.0 Å². The molecule has 2 aliphatic heterocycles. The standard InChI is InChI=1S/C18H23N5O2.ClH/c1-12-17(20-21-23(12)14-5-8-19-9-6-14)18(24)22-10-7-13-11-15(25-2)3-4-16(13)22;/h3-4,11,14,19H,5-10H2,1-2H3;1H. The molecule has 8 heteroatoms. The first-order valence-corrected chi connectivity index (χ1v) is 8.80. The molecule has 140 valence electrons. The van der Waals surface area contributed by atoms with Gasteiger partial charge in [-0.1, -0.05) is 5.21 Å². The van der Waals surface area contributed by atoms with E-state index in [1.54, 1.807) is 12.0 Å². The van der Waals surface area contributed by atoms with Gasteiger partial charge in [0.05, 0.1) is 18.8 Å². The van der Waals surface area contributed by atoms with Crippen molar-refractivity contribution in [2.24, 2.45) is 0 Å². The number of ether oxygens (including phenoxy) is 1. The van der Waals surface area contributed by atoms with Crippen LogP contribution in [0.5, 0.6) is 5.75 Å². The monoisotopic (exact) mass is 377 g/mol. The quantitative estimate of drug-likeness (QED) is 0.887. The molecule has 0 saturated carbocycles. The average molecular weight is 378 g/mol. The zero-order chi connectivity index (χ0) is 17.4. The minimum absolute atomic E-state index is 0. The van der Waals surface area contributed by atoms with Crippen LogP contribution in [0.15, 0.2) is 18.2 Å². The van der Waals surface area contributed by atoms with Gasteiger partial charge in [-0.3, -0.25) is 4.79 Å². The number of amides is 1. The number of fused-ring (bicyclic) bond motifs is 1. The van der Waals surface area contributed by atoms with E-state index < -0.39 is 0 Å². The number of nitrogens with one attached hydrogen (secondary N) is 1. The Bertz CT molecular complexity index is 801. The molecule has 2 aromatic rings. The second-order valence-corrected chi connectivity index (χ2v) is 6.65. The van der Waals surface area contributed by atoms with Crippen LogP contribution in [-0.2, 0) is 6.42 Å². The lowest BCUT2D eigenvalue weighted by Gasteiger charge is -2.23. The van der Waals surface area contributed by atoms with E-state index in [0.717, 1.165) is 55.0 Å². The molecule has 1 N–H and O–H groups in total. The summed E-state index contributed by atoms with van der Waals surface area (Å²) < 4.78 is 7.20. The largest absolute Gasteiger partial charge is 0.497 e. The van der Waals surface area contributed by atoms with Gasteiger partial charge in [0.1, 0.15) is 5.75 Å². The van der Waals surface area contributed by atoms with Crippen LogP contribution in [-0.4, -0.2) is 47.6 Å². The van der Waals surface area contributed by atoms with E-state index in [-0.39, 0.29) is 18.3 Å². The summed E-state index contributed by atoms with van der Waals surface area (Å²) in [7, 11) is 1.65. The lowest BCUT2D eigenvalue weighted by molar-refractivity contribution is 0.0984. The van der Waals surface area contributed by atoms with Crippen molar-refractivity contribution in [3.8, 4) is 5.75 Å². The fourth-order valence-electron chi connectivity index (χ4n) is 3.78. The number of halogens is 1. The van der Waals surface area contributed by atoms with Gasteiger partial charge >= 0.3 is 0 Å². The lowest BCUT2D eigenvalue weighted by Crippen LogP contribution is -2.31. The minimum Gasteiger partial charge on any atom is -0.497 e. The number of hydrogen-bond donors (Lipinski definition) is 1. The van der Waals surface area contributed by atoms with Gasteiger partial charge in [-0.25, -0.2) is 4.68 Å².